The first-order chi connectivity index (χ1) is 8.22. The zero-order valence-corrected chi connectivity index (χ0v) is 10.9. The summed E-state index contributed by atoms with van der Waals surface area (Å²) in [4.78, 5) is 4.82. The van der Waals surface area contributed by atoms with Gasteiger partial charge in [0.2, 0.25) is 0 Å². The summed E-state index contributed by atoms with van der Waals surface area (Å²) >= 11 is 0. The number of rotatable bonds is 4. The molecule has 3 heteroatoms. The first-order valence-corrected chi connectivity index (χ1v) is 6.47. The quantitative estimate of drug-likeness (QED) is 0.862. The maximum Gasteiger partial charge on any atom is 0.0604 e. The smallest absolute Gasteiger partial charge is 0.0604 e. The van der Waals surface area contributed by atoms with Crippen LogP contribution >= 0.6 is 0 Å². The first-order valence-electron chi connectivity index (χ1n) is 6.47. The number of anilines is 2. The Balaban J connectivity index is 2.08. The van der Waals surface area contributed by atoms with Crippen LogP contribution in [0, 0.1) is 5.92 Å². The van der Waals surface area contributed by atoms with Gasteiger partial charge in [0.05, 0.1) is 11.4 Å². The van der Waals surface area contributed by atoms with Gasteiger partial charge in [0.1, 0.15) is 0 Å². The van der Waals surface area contributed by atoms with Gasteiger partial charge in [-0.1, -0.05) is 19.1 Å². The molecule has 1 heterocycles. The number of nitrogens with zero attached hydrogens (tertiary/aromatic N) is 2. The zero-order valence-electron chi connectivity index (χ0n) is 10.9. The Morgan fingerprint density at radius 1 is 1.24 bits per heavy atom. The highest BCUT2D eigenvalue weighted by atomic mass is 15.2. The highest BCUT2D eigenvalue weighted by Crippen LogP contribution is 2.31. The molecule has 2 N–H and O–H groups in total. The summed E-state index contributed by atoms with van der Waals surface area (Å²) < 4.78 is 0. The van der Waals surface area contributed by atoms with Crippen molar-refractivity contribution >= 4 is 11.4 Å². The van der Waals surface area contributed by atoms with E-state index in [1.807, 2.05) is 0 Å². The predicted octanol–water partition coefficient (Wildman–Crippen LogP) is 1.93. The topological polar surface area (TPSA) is 32.5 Å². The highest BCUT2D eigenvalue weighted by molar-refractivity contribution is 5.72. The van der Waals surface area contributed by atoms with Crippen molar-refractivity contribution in [1.82, 2.24) is 0 Å². The van der Waals surface area contributed by atoms with E-state index in [4.69, 9.17) is 5.73 Å². The standard InChI is InChI=1S/C14H23N3/c1-12(11-15)7-8-17-10-9-16(2)13-5-3-4-6-14(13)17/h3-6,12H,7-11,15H2,1-2H3. The average Bonchev–Trinajstić information content (AvgIpc) is 2.38. The maximum absolute atomic E-state index is 5.68. The van der Waals surface area contributed by atoms with Gasteiger partial charge in [0.15, 0.2) is 0 Å². The number of nitrogens with two attached hydrogens (primary N) is 1. The highest BCUT2D eigenvalue weighted by Gasteiger charge is 2.19. The van der Waals surface area contributed by atoms with Crippen LogP contribution < -0.4 is 15.5 Å². The lowest BCUT2D eigenvalue weighted by Gasteiger charge is -2.37. The third kappa shape index (κ3) is 2.72. The molecule has 0 bridgehead atoms. The van der Waals surface area contributed by atoms with Gasteiger partial charge < -0.3 is 15.5 Å². The Bertz CT molecular complexity index is 364. The van der Waals surface area contributed by atoms with Crippen LogP contribution in [0.1, 0.15) is 13.3 Å². The van der Waals surface area contributed by atoms with Crippen molar-refractivity contribution < 1.29 is 0 Å². The molecular weight excluding hydrogens is 210 g/mol. The molecule has 0 saturated carbocycles. The van der Waals surface area contributed by atoms with E-state index in [2.05, 4.69) is 48.0 Å². The molecule has 2 rings (SSSR count). The van der Waals surface area contributed by atoms with Crippen molar-refractivity contribution in [3.05, 3.63) is 24.3 Å². The minimum absolute atomic E-state index is 0.613. The van der Waals surface area contributed by atoms with Crippen molar-refractivity contribution in [3.8, 4) is 0 Å². The van der Waals surface area contributed by atoms with Crippen LogP contribution in [0.5, 0.6) is 0 Å². The van der Waals surface area contributed by atoms with E-state index >= 15 is 0 Å². The molecule has 94 valence electrons. The molecule has 3 nitrogen and oxygen atoms in total. The largest absolute Gasteiger partial charge is 0.371 e. The van der Waals surface area contributed by atoms with Crippen molar-refractivity contribution in [2.45, 2.75) is 13.3 Å². The van der Waals surface area contributed by atoms with Crippen LogP contribution in [0.4, 0.5) is 11.4 Å². The lowest BCUT2D eigenvalue weighted by Crippen LogP contribution is -2.40. The third-order valence-electron chi connectivity index (χ3n) is 3.63. The van der Waals surface area contributed by atoms with Gasteiger partial charge in [0.25, 0.3) is 0 Å². The summed E-state index contributed by atoms with van der Waals surface area (Å²) in [6, 6.07) is 8.66. The number of hydrogen-bond donors (Lipinski definition) is 1. The van der Waals surface area contributed by atoms with Gasteiger partial charge >= 0.3 is 0 Å². The van der Waals surface area contributed by atoms with Crippen molar-refractivity contribution in [2.24, 2.45) is 11.7 Å². The summed E-state index contributed by atoms with van der Waals surface area (Å²) in [7, 11) is 2.17. The SMILES string of the molecule is CC(CN)CCN1CCN(C)c2ccccc21. The molecule has 0 amide bonds. The van der Waals surface area contributed by atoms with Gasteiger partial charge in [-0.15, -0.1) is 0 Å². The Morgan fingerprint density at radius 2 is 1.94 bits per heavy atom. The zero-order chi connectivity index (χ0) is 12.3. The summed E-state index contributed by atoms with van der Waals surface area (Å²) in [5, 5.41) is 0. The van der Waals surface area contributed by atoms with Crippen LogP contribution in [0.3, 0.4) is 0 Å². The normalized spacial score (nSPS) is 16.9. The summed E-state index contributed by atoms with van der Waals surface area (Å²) in [5.74, 6) is 0.613. The molecule has 0 aromatic heterocycles. The van der Waals surface area contributed by atoms with Gasteiger partial charge in [-0.3, -0.25) is 0 Å². The molecule has 0 radical (unpaired) electrons. The van der Waals surface area contributed by atoms with E-state index in [-0.39, 0.29) is 0 Å². The Morgan fingerprint density at radius 3 is 2.65 bits per heavy atom. The number of likely N-dealkylation sites (N-methyl/N-ethyl adjacent to an activating group) is 1. The number of benzene rings is 1. The second kappa shape index (κ2) is 5.41. The van der Waals surface area contributed by atoms with Gasteiger partial charge in [-0.2, -0.15) is 0 Å². The fourth-order valence-corrected chi connectivity index (χ4v) is 2.29. The van der Waals surface area contributed by atoms with Crippen LogP contribution in [-0.2, 0) is 0 Å². The van der Waals surface area contributed by atoms with Gasteiger partial charge in [0, 0.05) is 26.7 Å². The number of para-hydroxylation sites is 2. The molecule has 0 aliphatic carbocycles. The summed E-state index contributed by atoms with van der Waals surface area (Å²) in [5.41, 5.74) is 8.39. The van der Waals surface area contributed by atoms with E-state index in [1.165, 1.54) is 17.8 Å². The number of fused-ring (bicyclic) bond motifs is 1. The second-order valence-electron chi connectivity index (χ2n) is 5.03. The molecule has 1 aromatic carbocycles. The molecule has 1 aromatic rings. The number of hydrogen-bond acceptors (Lipinski definition) is 3. The summed E-state index contributed by atoms with van der Waals surface area (Å²) in [6.07, 6.45) is 1.18. The first kappa shape index (κ1) is 12.2. The molecule has 1 aliphatic rings. The van der Waals surface area contributed by atoms with E-state index in [1.54, 1.807) is 0 Å². The van der Waals surface area contributed by atoms with Gasteiger partial charge in [-0.05, 0) is 31.0 Å². The van der Waals surface area contributed by atoms with E-state index in [9.17, 15) is 0 Å². The van der Waals surface area contributed by atoms with E-state index < -0.39 is 0 Å². The Labute approximate surface area is 104 Å². The van der Waals surface area contributed by atoms with Crippen LogP contribution in [0.15, 0.2) is 24.3 Å². The molecular formula is C14H23N3. The monoisotopic (exact) mass is 233 g/mol. The maximum atomic E-state index is 5.68. The third-order valence-corrected chi connectivity index (χ3v) is 3.63. The van der Waals surface area contributed by atoms with Crippen LogP contribution in [-0.4, -0.2) is 33.2 Å². The Kier molecular flexibility index (Phi) is 3.89. The Hall–Kier alpha value is -1.22. The van der Waals surface area contributed by atoms with E-state index in [0.29, 0.717) is 5.92 Å². The molecule has 1 aliphatic heterocycles. The van der Waals surface area contributed by atoms with Crippen molar-refractivity contribution in [1.29, 1.82) is 0 Å². The minimum Gasteiger partial charge on any atom is -0.371 e. The molecule has 1 atom stereocenters. The lowest BCUT2D eigenvalue weighted by molar-refractivity contribution is 0.533. The second-order valence-corrected chi connectivity index (χ2v) is 5.03. The fourth-order valence-electron chi connectivity index (χ4n) is 2.29. The predicted molar refractivity (Wildman–Crippen MR) is 74.8 cm³/mol. The van der Waals surface area contributed by atoms with Crippen molar-refractivity contribution in [2.75, 3.05) is 43.0 Å². The lowest BCUT2D eigenvalue weighted by atomic mass is 10.1. The van der Waals surface area contributed by atoms with Gasteiger partial charge in [-0.25, -0.2) is 0 Å². The van der Waals surface area contributed by atoms with Crippen LogP contribution in [0.2, 0.25) is 0 Å². The molecule has 0 spiro atoms. The molecule has 0 saturated heterocycles. The van der Waals surface area contributed by atoms with E-state index in [0.717, 1.165) is 26.2 Å². The van der Waals surface area contributed by atoms with Crippen molar-refractivity contribution in [3.63, 3.8) is 0 Å². The average molecular weight is 233 g/mol. The molecule has 17 heavy (non-hydrogen) atoms. The molecule has 1 unspecified atom stereocenters. The fraction of sp³-hybridized carbons (Fsp3) is 0.571. The summed E-state index contributed by atoms with van der Waals surface area (Å²) in [6.45, 7) is 6.35. The van der Waals surface area contributed by atoms with Crippen LogP contribution in [0.25, 0.3) is 0 Å². The minimum atomic E-state index is 0.613. The molecule has 0 fully saturated rings.